The predicted molar refractivity (Wildman–Crippen MR) is 158 cm³/mol. The average molecular weight is 691 g/mol. The molecule has 2 aliphatic rings. The molecule has 1 aromatic carbocycles. The molecule has 1 aromatic rings. The number of alkyl halides is 5. The minimum Gasteiger partial charge on any atom is -0.422 e. The van der Waals surface area contributed by atoms with Crippen LogP contribution in [0.1, 0.15) is 61.8 Å². The number of carbonyl (C=O) groups is 5. The van der Waals surface area contributed by atoms with Gasteiger partial charge >= 0.3 is 18.1 Å². The van der Waals surface area contributed by atoms with Gasteiger partial charge in [0.15, 0.2) is 0 Å². The van der Waals surface area contributed by atoms with Gasteiger partial charge < -0.3 is 30.1 Å². The molecule has 0 aromatic heterocycles. The van der Waals surface area contributed by atoms with Gasteiger partial charge in [0.05, 0.1) is 31.1 Å². The van der Waals surface area contributed by atoms with E-state index in [1.54, 1.807) is 13.8 Å². The molecule has 48 heavy (non-hydrogen) atoms. The van der Waals surface area contributed by atoms with Crippen LogP contribution in [0.3, 0.4) is 0 Å². The van der Waals surface area contributed by atoms with Crippen molar-refractivity contribution in [2.24, 2.45) is 17.6 Å². The number of β-amino-alcohol motifs (C(OH)–C–C–N with tert-alkyl or cyclic N) is 1. The normalized spacial score (nSPS) is 20.0. The number of nitrogens with two attached hydrogens (primary N) is 1. The second-order valence-corrected chi connectivity index (χ2v) is 12.2. The number of aliphatic hydroxyl groups excluding tert-OH is 1. The average Bonchev–Trinajstić information content (AvgIpc) is 3.42. The van der Waals surface area contributed by atoms with Gasteiger partial charge in [-0.2, -0.15) is 22.0 Å². The fourth-order valence-electron chi connectivity index (χ4n) is 5.25. The van der Waals surface area contributed by atoms with Crippen molar-refractivity contribution in [3.8, 4) is 0 Å². The lowest BCUT2D eigenvalue weighted by atomic mass is 10.00. The molecule has 0 saturated carbocycles. The monoisotopic (exact) mass is 690 g/mol. The van der Waals surface area contributed by atoms with E-state index in [1.807, 2.05) is 0 Å². The Bertz CT molecular complexity index is 1420. The molecule has 2 heterocycles. The molecule has 3 atom stereocenters. The van der Waals surface area contributed by atoms with Crippen molar-refractivity contribution in [1.82, 2.24) is 14.7 Å². The number of allylic oxidation sites excluding steroid dienone is 2. The Kier molecular flexibility index (Phi) is 12.1. The number of halogens is 5. The van der Waals surface area contributed by atoms with Crippen molar-refractivity contribution < 1.29 is 60.5 Å². The smallest absolute Gasteiger partial charge is 0.422 e. The number of aliphatic hydroxyl groups is 1. The highest BCUT2D eigenvalue weighted by molar-refractivity contribution is 6.09. The molecule has 0 bridgehead atoms. The van der Waals surface area contributed by atoms with Gasteiger partial charge in [0.2, 0.25) is 11.7 Å². The number of hydrogen-bond acceptors (Lipinski definition) is 9. The number of ether oxygens (including phenoxy) is 2. The fourth-order valence-corrected chi connectivity index (χ4v) is 5.25. The van der Waals surface area contributed by atoms with Gasteiger partial charge in [-0.15, -0.1) is 0 Å². The van der Waals surface area contributed by atoms with Crippen LogP contribution in [0, 0.1) is 11.8 Å². The maximum atomic E-state index is 15.1. The molecule has 4 amide bonds. The lowest BCUT2D eigenvalue weighted by molar-refractivity contribution is -0.276. The van der Waals surface area contributed by atoms with Gasteiger partial charge in [0, 0.05) is 44.1 Å². The van der Waals surface area contributed by atoms with Gasteiger partial charge in [-0.3, -0.25) is 24.0 Å². The first kappa shape index (κ1) is 38.5. The summed E-state index contributed by atoms with van der Waals surface area (Å²) in [4.78, 5) is 68.9. The van der Waals surface area contributed by atoms with Crippen LogP contribution in [0.25, 0.3) is 0 Å². The summed E-state index contributed by atoms with van der Waals surface area (Å²) < 4.78 is 81.3. The van der Waals surface area contributed by atoms with E-state index >= 15 is 8.78 Å². The summed E-state index contributed by atoms with van der Waals surface area (Å²) in [6, 6.07) is 1.62. The Morgan fingerprint density at radius 3 is 2.00 bits per heavy atom. The molecule has 2 aliphatic heterocycles. The van der Waals surface area contributed by atoms with Crippen molar-refractivity contribution in [2.45, 2.75) is 71.3 Å². The van der Waals surface area contributed by atoms with E-state index in [0.29, 0.717) is 33.2 Å². The molecular formula is C31H39F5N4O8. The van der Waals surface area contributed by atoms with Crippen LogP contribution in [0.2, 0.25) is 0 Å². The first-order valence-electron chi connectivity index (χ1n) is 15.2. The third-order valence-electron chi connectivity index (χ3n) is 7.86. The maximum Gasteiger partial charge on any atom is 0.461 e. The van der Waals surface area contributed by atoms with Gasteiger partial charge in [0.1, 0.15) is 6.04 Å². The Balaban J connectivity index is 2.24. The molecule has 17 heteroatoms. The van der Waals surface area contributed by atoms with Crippen molar-refractivity contribution >= 4 is 29.6 Å². The molecule has 12 nitrogen and oxygen atoms in total. The molecule has 266 valence electrons. The van der Waals surface area contributed by atoms with Gasteiger partial charge in [0.25, 0.3) is 17.7 Å². The molecule has 0 aliphatic carbocycles. The molecule has 0 spiro atoms. The van der Waals surface area contributed by atoms with Crippen LogP contribution in [0.4, 0.5) is 22.0 Å². The molecule has 2 fully saturated rings. The first-order valence-corrected chi connectivity index (χ1v) is 15.2. The third kappa shape index (κ3) is 8.18. The minimum absolute atomic E-state index is 0.0191. The molecule has 2 saturated heterocycles. The zero-order valence-electron chi connectivity index (χ0n) is 27.1. The number of morpholine rings is 1. The van der Waals surface area contributed by atoms with Crippen molar-refractivity contribution in [2.75, 3.05) is 32.8 Å². The number of carbonyl (C=O) groups excluding carboxylic acids is 5. The van der Waals surface area contributed by atoms with E-state index in [4.69, 9.17) is 10.5 Å². The zero-order valence-corrected chi connectivity index (χ0v) is 27.1. The largest absolute Gasteiger partial charge is 0.461 e. The molecule has 3 N–H and O–H groups in total. The van der Waals surface area contributed by atoms with Crippen molar-refractivity contribution in [3.63, 3.8) is 0 Å². The van der Waals surface area contributed by atoms with E-state index in [0.717, 1.165) is 30.9 Å². The number of nitrogens with zero attached hydrogens (tertiary/aromatic N) is 3. The Morgan fingerprint density at radius 2 is 1.52 bits per heavy atom. The lowest BCUT2D eigenvalue weighted by Gasteiger charge is -2.35. The predicted octanol–water partition coefficient (Wildman–Crippen LogP) is 2.70. The highest BCUT2D eigenvalue weighted by Gasteiger charge is 2.64. The van der Waals surface area contributed by atoms with E-state index in [-0.39, 0.29) is 10.5 Å². The van der Waals surface area contributed by atoms with Crippen LogP contribution >= 0.6 is 0 Å². The summed E-state index contributed by atoms with van der Waals surface area (Å²) in [6.45, 7) is 6.66. The van der Waals surface area contributed by atoms with Crippen molar-refractivity contribution in [3.05, 3.63) is 46.8 Å². The van der Waals surface area contributed by atoms with E-state index in [2.05, 4.69) is 4.74 Å². The van der Waals surface area contributed by atoms with Crippen LogP contribution in [0.15, 0.2) is 35.7 Å². The Morgan fingerprint density at radius 1 is 0.979 bits per heavy atom. The summed E-state index contributed by atoms with van der Waals surface area (Å²) in [5.74, 6) is -15.9. The maximum absolute atomic E-state index is 15.1. The number of hydrogen-bond donors (Lipinski definition) is 2. The van der Waals surface area contributed by atoms with Gasteiger partial charge in [-0.05, 0) is 36.1 Å². The standard InChI is InChI=1S/C31H39F5N4O8/c1-16(2)23(37)29(46)39-15-21(42)14-22(39)28(45)40(24(17(3)4)25(48-18(5)41)30(32,33)31(34,35)36)27(44)20-8-6-19(7-9-20)26(43)38-10-12-47-13-11-38/h6-9,16-17,21-23,42H,10-15,37H2,1-5H3/t21-,22+,23+/m1/s1. The van der Waals surface area contributed by atoms with Crippen molar-refractivity contribution in [1.29, 1.82) is 0 Å². The Hall–Kier alpha value is -3.96. The summed E-state index contributed by atoms with van der Waals surface area (Å²) in [7, 11) is 0. The highest BCUT2D eigenvalue weighted by atomic mass is 19.4. The number of esters is 1. The number of benzene rings is 1. The number of amides is 4. The molecule has 3 rings (SSSR count). The quantitative estimate of drug-likeness (QED) is 0.172. The van der Waals surface area contributed by atoms with Gasteiger partial charge in [-0.25, -0.2) is 4.90 Å². The van der Waals surface area contributed by atoms with Gasteiger partial charge in [-0.1, -0.05) is 27.7 Å². The Labute approximate surface area is 273 Å². The topological polar surface area (TPSA) is 160 Å². The van der Waals surface area contributed by atoms with E-state index < -0.39 is 102 Å². The van der Waals surface area contributed by atoms with Crippen LogP contribution in [-0.2, 0) is 23.9 Å². The SMILES string of the molecule is CC(=O)OC(=C(C(C)C)N(C(=O)c1ccc(C(=O)N2CCOCC2)cc1)C(=O)[C@@H]1C[C@@H](O)CN1C(=O)[C@@H](N)C(C)C)C(F)(F)C(F)(F)F. The molecular weight excluding hydrogens is 651 g/mol. The van der Waals surface area contributed by atoms with Crippen LogP contribution in [0.5, 0.6) is 0 Å². The second-order valence-electron chi connectivity index (χ2n) is 12.2. The third-order valence-corrected chi connectivity index (χ3v) is 7.86. The number of imide groups is 1. The summed E-state index contributed by atoms with van der Waals surface area (Å²) >= 11 is 0. The first-order chi connectivity index (χ1) is 22.2. The lowest BCUT2D eigenvalue weighted by Crippen LogP contribution is -2.55. The van der Waals surface area contributed by atoms with Crippen LogP contribution < -0.4 is 5.73 Å². The van der Waals surface area contributed by atoms with E-state index in [1.165, 1.54) is 17.0 Å². The molecule has 0 unspecified atom stereocenters. The number of rotatable bonds is 9. The zero-order chi connectivity index (χ0) is 36.3. The highest BCUT2D eigenvalue weighted by Crippen LogP contribution is 2.45. The minimum atomic E-state index is -6.34. The van der Waals surface area contributed by atoms with E-state index in [9.17, 15) is 42.3 Å². The fraction of sp³-hybridized carbons (Fsp3) is 0.581. The molecule has 0 radical (unpaired) electrons. The van der Waals surface area contributed by atoms with Crippen LogP contribution in [-0.4, -0.2) is 113 Å². The summed E-state index contributed by atoms with van der Waals surface area (Å²) in [5, 5.41) is 10.4. The summed E-state index contributed by atoms with van der Waals surface area (Å²) in [5.41, 5.74) is 4.36. The second kappa shape index (κ2) is 15.1. The summed E-state index contributed by atoms with van der Waals surface area (Å²) in [6.07, 6.45) is -8.20. The number of likely N-dealkylation sites (tertiary alicyclic amines) is 1.